The number of nitro benzene ring substituents is 1. The second kappa shape index (κ2) is 10.3. The van der Waals surface area contributed by atoms with Crippen LogP contribution in [0.2, 0.25) is 0 Å². The van der Waals surface area contributed by atoms with Gasteiger partial charge in [0.15, 0.2) is 15.8 Å². The number of hydrogen-bond acceptors (Lipinski definition) is 6. The van der Waals surface area contributed by atoms with Crippen molar-refractivity contribution in [3.63, 3.8) is 0 Å². The highest BCUT2D eigenvalue weighted by atomic mass is 127. The van der Waals surface area contributed by atoms with Gasteiger partial charge in [0.1, 0.15) is 0 Å². The Kier molecular flexibility index (Phi) is 8.40. The maximum absolute atomic E-state index is 11.7. The third-order valence-corrected chi connectivity index (χ3v) is 7.29. The maximum Gasteiger partial charge on any atom is 0.269 e. The first-order chi connectivity index (χ1) is 13.3. The van der Waals surface area contributed by atoms with Crippen molar-refractivity contribution in [1.29, 1.82) is 0 Å². The molecule has 0 saturated carbocycles. The first kappa shape index (κ1) is 23.5. The van der Waals surface area contributed by atoms with E-state index >= 15 is 0 Å². The summed E-state index contributed by atoms with van der Waals surface area (Å²) in [5, 5.41) is 19.3. The molecule has 29 heavy (non-hydrogen) atoms. The molecule has 2 aromatic rings. The van der Waals surface area contributed by atoms with Crippen LogP contribution in [0.1, 0.15) is 29.8 Å². The Morgan fingerprint density at radius 2 is 2.07 bits per heavy atom. The number of sulfone groups is 1. The highest BCUT2D eigenvalue weighted by Gasteiger charge is 2.28. The predicted molar refractivity (Wildman–Crippen MR) is 126 cm³/mol. The highest BCUT2D eigenvalue weighted by Crippen LogP contribution is 2.19. The summed E-state index contributed by atoms with van der Waals surface area (Å²) >= 11 is 1.63. The van der Waals surface area contributed by atoms with Gasteiger partial charge in [-0.3, -0.25) is 10.1 Å². The van der Waals surface area contributed by atoms with Crippen molar-refractivity contribution in [1.82, 2.24) is 10.6 Å². The lowest BCUT2D eigenvalue weighted by molar-refractivity contribution is -0.384. The number of aliphatic imine (C=N–C) groups is 1. The van der Waals surface area contributed by atoms with Crippen LogP contribution in [0.5, 0.6) is 0 Å². The second-order valence-electron chi connectivity index (χ2n) is 6.71. The Morgan fingerprint density at radius 1 is 1.34 bits per heavy atom. The van der Waals surface area contributed by atoms with Gasteiger partial charge in [-0.1, -0.05) is 18.2 Å². The molecule has 0 aliphatic carbocycles. The van der Waals surface area contributed by atoms with Crippen molar-refractivity contribution in [2.45, 2.75) is 32.0 Å². The third-order valence-electron chi connectivity index (χ3n) is 4.46. The number of nitro groups is 1. The Balaban J connectivity index is 0.00000300. The van der Waals surface area contributed by atoms with E-state index < -0.39 is 14.8 Å². The van der Waals surface area contributed by atoms with Crippen LogP contribution in [0.15, 0.2) is 46.8 Å². The summed E-state index contributed by atoms with van der Waals surface area (Å²) in [5.41, 5.74) is 0.862. The molecule has 0 radical (unpaired) electrons. The summed E-state index contributed by atoms with van der Waals surface area (Å²) in [7, 11) is -3.00. The highest BCUT2D eigenvalue weighted by molar-refractivity contribution is 14.0. The van der Waals surface area contributed by atoms with Crippen molar-refractivity contribution in [2.75, 3.05) is 11.5 Å². The van der Waals surface area contributed by atoms with E-state index in [1.807, 2.05) is 24.4 Å². The molecule has 0 amide bonds. The van der Waals surface area contributed by atoms with Gasteiger partial charge in [-0.15, -0.1) is 35.3 Å². The number of halogens is 1. The van der Waals surface area contributed by atoms with Crippen molar-refractivity contribution >= 4 is 56.8 Å². The quantitative estimate of drug-likeness (QED) is 0.188. The molecule has 2 heterocycles. The Hall–Kier alpha value is -1.73. The molecule has 2 atom stereocenters. The van der Waals surface area contributed by atoms with E-state index in [2.05, 4.69) is 15.6 Å². The molecule has 158 valence electrons. The van der Waals surface area contributed by atoms with Gasteiger partial charge < -0.3 is 10.6 Å². The average Bonchev–Trinajstić information content (AvgIpc) is 3.29. The lowest BCUT2D eigenvalue weighted by Gasteiger charge is -2.20. The zero-order valence-electron chi connectivity index (χ0n) is 15.8. The first-order valence-corrected chi connectivity index (χ1v) is 11.6. The fourth-order valence-corrected chi connectivity index (χ4v) is 5.35. The minimum absolute atomic E-state index is 0. The van der Waals surface area contributed by atoms with Gasteiger partial charge in [-0.05, 0) is 30.4 Å². The van der Waals surface area contributed by atoms with Crippen molar-refractivity contribution in [3.8, 4) is 0 Å². The molecule has 1 aliphatic rings. The smallest absolute Gasteiger partial charge is 0.269 e. The zero-order chi connectivity index (χ0) is 20.1. The first-order valence-electron chi connectivity index (χ1n) is 8.87. The van der Waals surface area contributed by atoms with Crippen LogP contribution in [0.4, 0.5) is 5.69 Å². The van der Waals surface area contributed by atoms with Gasteiger partial charge in [-0.25, -0.2) is 13.4 Å². The molecule has 1 fully saturated rings. The third kappa shape index (κ3) is 6.93. The summed E-state index contributed by atoms with van der Waals surface area (Å²) in [6.07, 6.45) is 0.550. The van der Waals surface area contributed by atoms with Crippen LogP contribution in [0.25, 0.3) is 0 Å². The minimum atomic E-state index is -3.00. The fraction of sp³-hybridized carbons (Fsp3) is 0.389. The van der Waals surface area contributed by atoms with E-state index in [0.717, 1.165) is 10.4 Å². The van der Waals surface area contributed by atoms with E-state index in [1.165, 1.54) is 12.1 Å². The van der Waals surface area contributed by atoms with Crippen LogP contribution >= 0.6 is 35.3 Å². The van der Waals surface area contributed by atoms with Crippen LogP contribution < -0.4 is 10.6 Å². The Morgan fingerprint density at radius 3 is 2.62 bits per heavy atom. The molecular weight excluding hydrogens is 527 g/mol. The van der Waals surface area contributed by atoms with Gasteiger partial charge in [0.2, 0.25) is 0 Å². The molecule has 1 aromatic heterocycles. The molecule has 2 N–H and O–H groups in total. The lowest BCUT2D eigenvalue weighted by Crippen LogP contribution is -2.44. The van der Waals surface area contributed by atoms with Gasteiger partial charge in [0.25, 0.3) is 5.69 Å². The van der Waals surface area contributed by atoms with Crippen molar-refractivity contribution in [2.24, 2.45) is 4.99 Å². The molecule has 0 bridgehead atoms. The second-order valence-corrected chi connectivity index (χ2v) is 9.92. The number of rotatable bonds is 6. The standard InChI is InChI=1S/C18H22N4O4S2.HI/c1-13(17-3-2-9-27-17)20-18(21-15-8-10-28(25,26)12-15)19-11-14-4-6-16(7-5-14)22(23)24;/h2-7,9,13,15H,8,10-12H2,1H3,(H2,19,20,21);1H. The van der Waals surface area contributed by atoms with E-state index in [0.29, 0.717) is 18.9 Å². The number of benzene rings is 1. The van der Waals surface area contributed by atoms with Crippen molar-refractivity contribution < 1.29 is 13.3 Å². The molecule has 3 rings (SSSR count). The molecule has 1 aliphatic heterocycles. The molecule has 1 saturated heterocycles. The summed E-state index contributed by atoms with van der Waals surface area (Å²) in [6.45, 7) is 2.34. The summed E-state index contributed by atoms with van der Waals surface area (Å²) in [5.74, 6) is 0.806. The number of nitrogens with one attached hydrogen (secondary N) is 2. The Labute approximate surface area is 190 Å². The predicted octanol–water partition coefficient (Wildman–Crippen LogP) is 3.26. The average molecular weight is 550 g/mol. The zero-order valence-corrected chi connectivity index (χ0v) is 19.7. The van der Waals surface area contributed by atoms with Crippen molar-refractivity contribution in [3.05, 3.63) is 62.3 Å². The molecule has 8 nitrogen and oxygen atoms in total. The maximum atomic E-state index is 11.7. The topological polar surface area (TPSA) is 114 Å². The summed E-state index contributed by atoms with van der Waals surface area (Å²) < 4.78 is 23.5. The Bertz CT molecular complexity index is 947. The lowest BCUT2D eigenvalue weighted by atomic mass is 10.2. The molecular formula is C18H23IN4O4S2. The van der Waals surface area contributed by atoms with Gasteiger partial charge >= 0.3 is 0 Å². The van der Waals surface area contributed by atoms with E-state index in [1.54, 1.807) is 23.5 Å². The number of hydrogen-bond donors (Lipinski definition) is 2. The minimum Gasteiger partial charge on any atom is -0.353 e. The van der Waals surface area contributed by atoms with Crippen LogP contribution in [0, 0.1) is 10.1 Å². The number of nitrogens with zero attached hydrogens (tertiary/aromatic N) is 2. The SMILES string of the molecule is CC(NC(=NCc1ccc([N+](=O)[O-])cc1)NC1CCS(=O)(=O)C1)c1cccs1.I. The van der Waals surface area contributed by atoms with Crippen LogP contribution in [0.3, 0.4) is 0 Å². The van der Waals surface area contributed by atoms with E-state index in [9.17, 15) is 18.5 Å². The number of thiophene rings is 1. The monoisotopic (exact) mass is 550 g/mol. The molecule has 1 aromatic carbocycles. The molecule has 2 unspecified atom stereocenters. The molecule has 11 heteroatoms. The van der Waals surface area contributed by atoms with E-state index in [-0.39, 0.29) is 53.3 Å². The van der Waals surface area contributed by atoms with E-state index in [4.69, 9.17) is 0 Å². The normalized spacial score (nSPS) is 19.2. The number of non-ortho nitro benzene ring substituents is 1. The summed E-state index contributed by atoms with van der Waals surface area (Å²) in [4.78, 5) is 16.0. The van der Waals surface area contributed by atoms with Gasteiger partial charge in [0.05, 0.1) is 29.0 Å². The summed E-state index contributed by atoms with van der Waals surface area (Å²) in [6, 6.07) is 10.1. The van der Waals surface area contributed by atoms with Gasteiger partial charge in [-0.2, -0.15) is 0 Å². The fourth-order valence-electron chi connectivity index (χ4n) is 2.94. The number of guanidine groups is 1. The van der Waals surface area contributed by atoms with Crippen LogP contribution in [-0.2, 0) is 16.4 Å². The van der Waals surface area contributed by atoms with Gasteiger partial charge in [0, 0.05) is 23.1 Å². The molecule has 0 spiro atoms. The van der Waals surface area contributed by atoms with Crippen LogP contribution in [-0.4, -0.2) is 36.8 Å². The largest absolute Gasteiger partial charge is 0.353 e.